The summed E-state index contributed by atoms with van der Waals surface area (Å²) in [5.74, 6) is 0.00370. The van der Waals surface area contributed by atoms with Gasteiger partial charge in [0.1, 0.15) is 17.3 Å². The highest BCUT2D eigenvalue weighted by Crippen LogP contribution is 2.78. The molecule has 2 heterocycles. The number of benzene rings is 1. The third kappa shape index (κ3) is 7.76. The van der Waals surface area contributed by atoms with Crippen molar-refractivity contribution in [3.8, 4) is 0 Å². The molecule has 2 bridgehead atoms. The lowest BCUT2D eigenvalue weighted by molar-refractivity contribution is -0.255. The first-order valence-electron chi connectivity index (χ1n) is 23.6. The maximum atomic E-state index is 14.5. The van der Waals surface area contributed by atoms with Gasteiger partial charge in [0.05, 0.1) is 24.5 Å². The number of Topliss-reactive ketones (excluding diaryl/α,β-unsaturated/α-hetero) is 1. The lowest BCUT2D eigenvalue weighted by Crippen LogP contribution is -2.68. The van der Waals surface area contributed by atoms with Crippen LogP contribution in [0.3, 0.4) is 0 Å². The average molecular weight is 879 g/mol. The molecule has 0 aromatic heterocycles. The number of amides is 1. The number of ketones is 1. The standard InChI is InChI=1S/C52H76ClNO8/c1-31(2)41-35(55)26-51(38(56)29-54(44(59)62-45(3,4)5)28-32-14-16-33(53)17-15-32)25-24-49(12)34(42(41)51)18-19-37-50(49,13)22-20-36-48(10,11)39-21-23-52(36,37)30-47(8,9)61-43(58)46(6,7)27-40(57)60-39/h14-17,31,34,36-39,56H,18-30H2,1-13H3. The summed E-state index contributed by atoms with van der Waals surface area (Å²) in [5.41, 5.74) is -1.27. The molecule has 0 radical (unpaired) electrons. The van der Waals surface area contributed by atoms with Crippen LogP contribution in [-0.4, -0.2) is 63.8 Å². The third-order valence-electron chi connectivity index (χ3n) is 17.7. The number of hydrogen-bond acceptors (Lipinski definition) is 8. The minimum absolute atomic E-state index is 0.0148. The number of hydrogen-bond donors (Lipinski definition) is 1. The Kier molecular flexibility index (Phi) is 11.9. The summed E-state index contributed by atoms with van der Waals surface area (Å²) in [6.07, 6.45) is 6.13. The van der Waals surface area contributed by atoms with Crippen LogP contribution in [0.4, 0.5) is 4.79 Å². The van der Waals surface area contributed by atoms with Crippen molar-refractivity contribution in [2.24, 2.45) is 56.2 Å². The second kappa shape index (κ2) is 15.6. The maximum Gasteiger partial charge on any atom is 0.410 e. The highest BCUT2D eigenvalue weighted by molar-refractivity contribution is 6.30. The van der Waals surface area contributed by atoms with Gasteiger partial charge in [-0.25, -0.2) is 4.79 Å². The molecule has 7 aliphatic rings. The smallest absolute Gasteiger partial charge is 0.410 e. The molecule has 1 aromatic rings. The fourth-order valence-corrected chi connectivity index (χ4v) is 15.0. The number of nitrogens with zero attached hydrogens (tertiary/aromatic N) is 1. The molecule has 62 heavy (non-hydrogen) atoms. The largest absolute Gasteiger partial charge is 0.462 e. The molecule has 9 unspecified atom stereocenters. The van der Waals surface area contributed by atoms with Crippen LogP contribution in [0.25, 0.3) is 0 Å². The maximum absolute atomic E-state index is 14.5. The molecule has 1 amide bonds. The number of fused-ring (bicyclic) bond motifs is 13. The molecule has 1 spiro atoms. The topological polar surface area (TPSA) is 119 Å². The predicted octanol–water partition coefficient (Wildman–Crippen LogP) is 11.5. The van der Waals surface area contributed by atoms with Gasteiger partial charge in [-0.05, 0) is 169 Å². The minimum atomic E-state index is -1.01. The number of ether oxygens (including phenoxy) is 3. The van der Waals surface area contributed by atoms with E-state index in [1.165, 1.54) is 0 Å². The lowest BCUT2D eigenvalue weighted by atomic mass is 9.31. The Labute approximate surface area is 376 Å². The van der Waals surface area contributed by atoms with E-state index in [4.69, 9.17) is 25.8 Å². The zero-order chi connectivity index (χ0) is 45.8. The Hall–Kier alpha value is -2.91. The van der Waals surface area contributed by atoms with E-state index < -0.39 is 34.2 Å². The minimum Gasteiger partial charge on any atom is -0.462 e. The number of carbonyl (C=O) groups is 4. The van der Waals surface area contributed by atoms with Crippen LogP contribution in [0.15, 0.2) is 35.4 Å². The molecule has 8 rings (SSSR count). The normalized spacial score (nSPS) is 36.8. The Morgan fingerprint density at radius 3 is 2.16 bits per heavy atom. The van der Waals surface area contributed by atoms with E-state index in [0.717, 1.165) is 68.1 Å². The number of aliphatic hydroxyl groups is 1. The van der Waals surface area contributed by atoms with Crippen molar-refractivity contribution in [1.82, 2.24) is 4.90 Å². The van der Waals surface area contributed by atoms with Crippen LogP contribution in [0.1, 0.15) is 166 Å². The Morgan fingerprint density at radius 2 is 1.53 bits per heavy atom. The van der Waals surface area contributed by atoms with Gasteiger partial charge in [0, 0.05) is 28.8 Å². The molecule has 5 aliphatic carbocycles. The zero-order valence-corrected chi connectivity index (χ0v) is 40.9. The molecule has 10 heteroatoms. The summed E-state index contributed by atoms with van der Waals surface area (Å²) in [5, 5.41) is 13.4. The van der Waals surface area contributed by atoms with Gasteiger partial charge in [-0.1, -0.05) is 70.8 Å². The molecular weight excluding hydrogens is 802 g/mol. The highest BCUT2D eigenvalue weighted by Gasteiger charge is 2.72. The molecule has 6 fully saturated rings. The molecule has 9 nitrogen and oxygen atoms in total. The molecular formula is C52H76ClNO8. The molecule has 1 N–H and O–H groups in total. The van der Waals surface area contributed by atoms with Crippen molar-refractivity contribution in [2.75, 3.05) is 6.54 Å². The van der Waals surface area contributed by atoms with Crippen molar-refractivity contribution < 1.29 is 38.5 Å². The Balaban J connectivity index is 1.28. The van der Waals surface area contributed by atoms with E-state index in [2.05, 4.69) is 55.4 Å². The van der Waals surface area contributed by atoms with Crippen LogP contribution in [0.2, 0.25) is 5.02 Å². The number of rotatable bonds is 6. The van der Waals surface area contributed by atoms with Gasteiger partial charge in [0.2, 0.25) is 0 Å². The monoisotopic (exact) mass is 878 g/mol. The van der Waals surface area contributed by atoms with Gasteiger partial charge >= 0.3 is 18.0 Å². The summed E-state index contributed by atoms with van der Waals surface area (Å²) < 4.78 is 18.8. The predicted molar refractivity (Wildman–Crippen MR) is 241 cm³/mol. The van der Waals surface area contributed by atoms with Gasteiger partial charge in [-0.3, -0.25) is 14.4 Å². The third-order valence-corrected chi connectivity index (χ3v) is 17.9. The summed E-state index contributed by atoms with van der Waals surface area (Å²) in [6.45, 7) is 27.4. The summed E-state index contributed by atoms with van der Waals surface area (Å²) in [7, 11) is 0. The van der Waals surface area contributed by atoms with E-state index in [-0.39, 0.29) is 89.2 Å². The second-order valence-electron chi connectivity index (χ2n) is 24.3. The lowest BCUT2D eigenvalue weighted by Gasteiger charge is -2.73. The molecule has 344 valence electrons. The number of allylic oxidation sites excluding steroid dienone is 1. The van der Waals surface area contributed by atoms with Crippen LogP contribution >= 0.6 is 11.6 Å². The van der Waals surface area contributed by atoms with Gasteiger partial charge in [0.15, 0.2) is 5.78 Å². The molecule has 2 saturated heterocycles. The van der Waals surface area contributed by atoms with Gasteiger partial charge < -0.3 is 24.2 Å². The molecule has 9 atom stereocenters. The zero-order valence-electron chi connectivity index (χ0n) is 40.1. The Bertz CT molecular complexity index is 1990. The number of halogens is 1. The van der Waals surface area contributed by atoms with Gasteiger partial charge in [0.25, 0.3) is 0 Å². The van der Waals surface area contributed by atoms with Crippen molar-refractivity contribution >= 4 is 35.4 Å². The first-order chi connectivity index (χ1) is 28.5. The van der Waals surface area contributed by atoms with Crippen LogP contribution in [-0.2, 0) is 35.1 Å². The van der Waals surface area contributed by atoms with Crippen LogP contribution in [0.5, 0.6) is 0 Å². The first kappa shape index (κ1) is 47.1. The van der Waals surface area contributed by atoms with E-state index in [0.29, 0.717) is 17.4 Å². The summed E-state index contributed by atoms with van der Waals surface area (Å²) in [4.78, 5) is 57.4. The highest BCUT2D eigenvalue weighted by atomic mass is 35.5. The SMILES string of the molecule is CC(C)C1=C2C3CCC4C56CCC(OC(=O)CC(C)(C)C(=O)OC(C)(C)C5)C(C)(C)C6CCC4(C)C3(C)CCC2(C(O)CN(Cc2ccc(Cl)cc2)C(=O)OC(C)(C)C)CC1=O. The van der Waals surface area contributed by atoms with E-state index >= 15 is 0 Å². The fraction of sp³-hybridized carbons (Fsp3) is 0.769. The van der Waals surface area contributed by atoms with Crippen LogP contribution < -0.4 is 0 Å². The van der Waals surface area contributed by atoms with E-state index in [9.17, 15) is 24.3 Å². The van der Waals surface area contributed by atoms with Crippen molar-refractivity contribution in [1.29, 1.82) is 0 Å². The second-order valence-corrected chi connectivity index (χ2v) is 24.7. The summed E-state index contributed by atoms with van der Waals surface area (Å²) in [6, 6.07) is 7.38. The number of esters is 2. The molecule has 1 aromatic carbocycles. The van der Waals surface area contributed by atoms with Crippen LogP contribution in [0, 0.1) is 56.2 Å². The van der Waals surface area contributed by atoms with E-state index in [1.807, 2.05) is 32.9 Å². The molecule has 2 aliphatic heterocycles. The number of aliphatic hydroxyl groups excluding tert-OH is 1. The van der Waals surface area contributed by atoms with Crippen molar-refractivity contribution in [2.45, 2.75) is 191 Å². The van der Waals surface area contributed by atoms with E-state index in [1.54, 1.807) is 30.9 Å². The number of carbonyl (C=O) groups excluding carboxylic acids is 4. The summed E-state index contributed by atoms with van der Waals surface area (Å²) >= 11 is 6.23. The van der Waals surface area contributed by atoms with Crippen molar-refractivity contribution in [3.05, 3.63) is 46.0 Å². The van der Waals surface area contributed by atoms with Crippen molar-refractivity contribution in [3.63, 3.8) is 0 Å². The Morgan fingerprint density at radius 1 is 0.871 bits per heavy atom. The van der Waals surface area contributed by atoms with Gasteiger partial charge in [-0.15, -0.1) is 0 Å². The average Bonchev–Trinajstić information content (AvgIpc) is 3.45. The van der Waals surface area contributed by atoms with Gasteiger partial charge in [-0.2, -0.15) is 0 Å². The molecule has 4 saturated carbocycles. The fourth-order valence-electron chi connectivity index (χ4n) is 14.9. The first-order valence-corrected chi connectivity index (χ1v) is 24.0. The quantitative estimate of drug-likeness (QED) is 0.222.